The molecule has 0 atom stereocenters. The van der Waals surface area contributed by atoms with Crippen molar-refractivity contribution in [2.24, 2.45) is 0 Å². The third-order valence-corrected chi connectivity index (χ3v) is 3.66. The van der Waals surface area contributed by atoms with E-state index in [4.69, 9.17) is 9.47 Å². The van der Waals surface area contributed by atoms with E-state index in [1.165, 1.54) is 0 Å². The molecule has 116 valence electrons. The lowest BCUT2D eigenvalue weighted by Gasteiger charge is -2.13. The summed E-state index contributed by atoms with van der Waals surface area (Å²) in [5.41, 5.74) is 3.03. The second-order valence-electron chi connectivity index (χ2n) is 5.09. The van der Waals surface area contributed by atoms with Gasteiger partial charge in [0.1, 0.15) is 5.75 Å². The molecule has 0 saturated carbocycles. The van der Waals surface area contributed by atoms with Gasteiger partial charge in [0.15, 0.2) is 0 Å². The van der Waals surface area contributed by atoms with Crippen molar-refractivity contribution >= 4 is 11.6 Å². The van der Waals surface area contributed by atoms with Crippen LogP contribution in [0.2, 0.25) is 0 Å². The summed E-state index contributed by atoms with van der Waals surface area (Å²) in [6.45, 7) is 1.85. The number of benzene rings is 1. The molecule has 2 heterocycles. The van der Waals surface area contributed by atoms with Crippen molar-refractivity contribution in [3.63, 3.8) is 0 Å². The Kier molecular flexibility index (Phi) is 4.39. The Bertz CT molecular complexity index is 661. The molecule has 1 aromatic heterocycles. The number of ether oxygens (including phenoxy) is 2. The van der Waals surface area contributed by atoms with Crippen LogP contribution in [0.4, 0.5) is 11.6 Å². The lowest BCUT2D eigenvalue weighted by Crippen LogP contribution is -2.16. The molecular weight excluding hydrogens is 280 g/mol. The van der Waals surface area contributed by atoms with Gasteiger partial charge in [-0.1, -0.05) is 6.07 Å². The maximum Gasteiger partial charge on any atom is 0.230 e. The van der Waals surface area contributed by atoms with Crippen LogP contribution in [0, 0.1) is 0 Å². The summed E-state index contributed by atoms with van der Waals surface area (Å²) in [5, 5.41) is 6.59. The zero-order chi connectivity index (χ0) is 15.4. The van der Waals surface area contributed by atoms with Crippen LogP contribution in [-0.2, 0) is 12.8 Å². The van der Waals surface area contributed by atoms with E-state index in [1.54, 1.807) is 14.2 Å². The minimum Gasteiger partial charge on any atom is -0.497 e. The quantitative estimate of drug-likeness (QED) is 0.899. The van der Waals surface area contributed by atoms with Gasteiger partial charge in [0.2, 0.25) is 11.8 Å². The minimum atomic E-state index is 0.547. The second kappa shape index (κ2) is 6.62. The lowest BCUT2D eigenvalue weighted by molar-refractivity contribution is 0.391. The smallest absolute Gasteiger partial charge is 0.230 e. The number of anilines is 2. The van der Waals surface area contributed by atoms with E-state index in [0.29, 0.717) is 11.8 Å². The van der Waals surface area contributed by atoms with E-state index < -0.39 is 0 Å². The molecule has 0 fully saturated rings. The van der Waals surface area contributed by atoms with Crippen LogP contribution in [0.5, 0.6) is 11.6 Å². The van der Waals surface area contributed by atoms with E-state index in [9.17, 15) is 0 Å². The number of nitrogens with zero attached hydrogens (tertiary/aromatic N) is 2. The Hall–Kier alpha value is -2.34. The topological polar surface area (TPSA) is 68.3 Å². The van der Waals surface area contributed by atoms with Crippen LogP contribution in [0.1, 0.15) is 11.3 Å². The first-order chi connectivity index (χ1) is 10.8. The van der Waals surface area contributed by atoms with Gasteiger partial charge in [-0.2, -0.15) is 4.98 Å². The van der Waals surface area contributed by atoms with Crippen molar-refractivity contribution in [2.75, 3.05) is 32.6 Å². The Balaban J connectivity index is 1.92. The maximum absolute atomic E-state index is 5.45. The summed E-state index contributed by atoms with van der Waals surface area (Å²) in [6, 6.07) is 7.68. The largest absolute Gasteiger partial charge is 0.497 e. The second-order valence-corrected chi connectivity index (χ2v) is 5.09. The van der Waals surface area contributed by atoms with Crippen LogP contribution in [0.25, 0.3) is 0 Å². The van der Waals surface area contributed by atoms with Gasteiger partial charge >= 0.3 is 0 Å². The Morgan fingerprint density at radius 2 is 1.95 bits per heavy atom. The van der Waals surface area contributed by atoms with Crippen molar-refractivity contribution in [1.82, 2.24) is 15.3 Å². The zero-order valence-electron chi connectivity index (χ0n) is 12.8. The number of nitrogens with one attached hydrogen (secondary N) is 2. The summed E-state index contributed by atoms with van der Waals surface area (Å²) >= 11 is 0. The summed E-state index contributed by atoms with van der Waals surface area (Å²) < 4.78 is 10.7. The molecule has 6 nitrogen and oxygen atoms in total. The number of hydrogen-bond acceptors (Lipinski definition) is 6. The third kappa shape index (κ3) is 3.12. The average molecular weight is 300 g/mol. The molecule has 2 N–H and O–H groups in total. The van der Waals surface area contributed by atoms with Gasteiger partial charge in [0.25, 0.3) is 0 Å². The molecule has 0 bridgehead atoms. The SMILES string of the molecule is COc1cccc(Nc2nc3c(c(OC)n2)CCNCC3)c1. The van der Waals surface area contributed by atoms with Gasteiger partial charge in [0, 0.05) is 30.3 Å². The summed E-state index contributed by atoms with van der Waals surface area (Å²) in [7, 11) is 3.30. The molecule has 0 aliphatic carbocycles. The summed E-state index contributed by atoms with van der Waals surface area (Å²) in [5.74, 6) is 1.99. The van der Waals surface area contributed by atoms with Crippen LogP contribution < -0.4 is 20.1 Å². The van der Waals surface area contributed by atoms with E-state index in [0.717, 1.165) is 48.6 Å². The van der Waals surface area contributed by atoms with Crippen LogP contribution >= 0.6 is 0 Å². The highest BCUT2D eigenvalue weighted by atomic mass is 16.5. The highest BCUT2D eigenvalue weighted by Gasteiger charge is 2.17. The number of hydrogen-bond donors (Lipinski definition) is 2. The molecular formula is C16H20N4O2. The lowest BCUT2D eigenvalue weighted by atomic mass is 10.1. The Morgan fingerprint density at radius 1 is 1.09 bits per heavy atom. The van der Waals surface area contributed by atoms with Crippen molar-refractivity contribution in [2.45, 2.75) is 12.8 Å². The molecule has 0 amide bonds. The van der Waals surface area contributed by atoms with Crippen LogP contribution in [-0.4, -0.2) is 37.3 Å². The van der Waals surface area contributed by atoms with Crippen molar-refractivity contribution in [3.05, 3.63) is 35.5 Å². The molecule has 0 unspecified atom stereocenters. The Labute approximate surface area is 129 Å². The third-order valence-electron chi connectivity index (χ3n) is 3.66. The molecule has 6 heteroatoms. The van der Waals surface area contributed by atoms with Gasteiger partial charge in [-0.15, -0.1) is 0 Å². The van der Waals surface area contributed by atoms with Crippen molar-refractivity contribution < 1.29 is 9.47 Å². The summed E-state index contributed by atoms with van der Waals surface area (Å²) in [6.07, 6.45) is 1.76. The number of methoxy groups -OCH3 is 2. The first-order valence-corrected chi connectivity index (χ1v) is 7.35. The minimum absolute atomic E-state index is 0.547. The summed E-state index contributed by atoms with van der Waals surface area (Å²) in [4.78, 5) is 9.13. The normalized spacial score (nSPS) is 13.9. The number of aromatic nitrogens is 2. The van der Waals surface area contributed by atoms with E-state index in [1.807, 2.05) is 24.3 Å². The number of fused-ring (bicyclic) bond motifs is 1. The molecule has 3 rings (SSSR count). The van der Waals surface area contributed by atoms with Gasteiger partial charge in [-0.05, 0) is 25.1 Å². The van der Waals surface area contributed by atoms with E-state index in [-0.39, 0.29) is 0 Å². The zero-order valence-corrected chi connectivity index (χ0v) is 12.8. The van der Waals surface area contributed by atoms with Crippen molar-refractivity contribution in [1.29, 1.82) is 0 Å². The van der Waals surface area contributed by atoms with Gasteiger partial charge in [-0.25, -0.2) is 4.98 Å². The Morgan fingerprint density at radius 3 is 2.77 bits per heavy atom. The van der Waals surface area contributed by atoms with Gasteiger partial charge in [-0.3, -0.25) is 0 Å². The predicted molar refractivity (Wildman–Crippen MR) is 85.1 cm³/mol. The van der Waals surface area contributed by atoms with E-state index >= 15 is 0 Å². The number of rotatable bonds is 4. The molecule has 22 heavy (non-hydrogen) atoms. The average Bonchev–Trinajstić information content (AvgIpc) is 2.79. The molecule has 0 saturated heterocycles. The fourth-order valence-electron chi connectivity index (χ4n) is 2.57. The fourth-order valence-corrected chi connectivity index (χ4v) is 2.57. The first kappa shape index (κ1) is 14.6. The highest BCUT2D eigenvalue weighted by molar-refractivity contribution is 5.57. The standard InChI is InChI=1S/C16H20N4O2/c1-21-12-5-3-4-11(10-12)18-16-19-14-7-9-17-8-6-13(14)15(20-16)22-2/h3-5,10,17H,6-9H2,1-2H3,(H,18,19,20). The highest BCUT2D eigenvalue weighted by Crippen LogP contribution is 2.25. The first-order valence-electron chi connectivity index (χ1n) is 7.35. The molecule has 0 radical (unpaired) electrons. The molecule has 1 aliphatic rings. The van der Waals surface area contributed by atoms with Crippen molar-refractivity contribution in [3.8, 4) is 11.6 Å². The molecule has 0 spiro atoms. The molecule has 2 aromatic rings. The van der Waals surface area contributed by atoms with Crippen LogP contribution in [0.3, 0.4) is 0 Å². The van der Waals surface area contributed by atoms with Gasteiger partial charge in [0.05, 0.1) is 19.9 Å². The monoisotopic (exact) mass is 300 g/mol. The van der Waals surface area contributed by atoms with Crippen LogP contribution in [0.15, 0.2) is 24.3 Å². The maximum atomic E-state index is 5.45. The molecule has 1 aliphatic heterocycles. The van der Waals surface area contributed by atoms with Gasteiger partial charge < -0.3 is 20.1 Å². The fraction of sp³-hybridized carbons (Fsp3) is 0.375. The predicted octanol–water partition coefficient (Wildman–Crippen LogP) is 1.93. The molecule has 1 aromatic carbocycles. The van der Waals surface area contributed by atoms with E-state index in [2.05, 4.69) is 20.6 Å².